The molecule has 1 aromatic heterocycles. The van der Waals surface area contributed by atoms with Crippen LogP contribution in [-0.2, 0) is 19.1 Å². The van der Waals surface area contributed by atoms with E-state index < -0.39 is 11.9 Å². The van der Waals surface area contributed by atoms with Gasteiger partial charge >= 0.3 is 5.97 Å². The second-order valence-corrected chi connectivity index (χ2v) is 7.24. The summed E-state index contributed by atoms with van der Waals surface area (Å²) in [4.78, 5) is 35.4. The maximum absolute atomic E-state index is 11.9. The Kier molecular flexibility index (Phi) is 7.42. The molecule has 9 heteroatoms. The second kappa shape index (κ2) is 9.77. The second-order valence-electron chi connectivity index (χ2n) is 6.06. The van der Waals surface area contributed by atoms with Crippen molar-refractivity contribution in [3.05, 3.63) is 34.3 Å². The summed E-state index contributed by atoms with van der Waals surface area (Å²) in [5.74, 6) is -1.17. The lowest BCUT2D eigenvalue weighted by atomic mass is 10.1. The zero-order chi connectivity index (χ0) is 19.8. The van der Waals surface area contributed by atoms with E-state index in [0.717, 1.165) is 16.1 Å². The van der Waals surface area contributed by atoms with Gasteiger partial charge in [-0.15, -0.1) is 10.2 Å². The molecule has 0 aliphatic rings. The third-order valence-corrected chi connectivity index (χ3v) is 4.34. The van der Waals surface area contributed by atoms with Gasteiger partial charge in [-0.3, -0.25) is 14.4 Å². The molecule has 2 N–H and O–H groups in total. The van der Waals surface area contributed by atoms with Crippen LogP contribution in [0.5, 0.6) is 0 Å². The van der Waals surface area contributed by atoms with Crippen molar-refractivity contribution in [2.24, 2.45) is 0 Å². The van der Waals surface area contributed by atoms with Crippen LogP contribution in [0.2, 0.25) is 0 Å². The van der Waals surface area contributed by atoms with Crippen molar-refractivity contribution in [1.29, 1.82) is 0 Å². The first kappa shape index (κ1) is 20.5. The third kappa shape index (κ3) is 7.14. The molecule has 1 heterocycles. The molecule has 144 valence electrons. The quantitative estimate of drug-likeness (QED) is 0.671. The summed E-state index contributed by atoms with van der Waals surface area (Å²) >= 11 is 1.28. The number of hydrogen-bond donors (Lipinski definition) is 2. The Hall–Kier alpha value is -2.81. The van der Waals surface area contributed by atoms with Gasteiger partial charge in [-0.25, -0.2) is 0 Å². The molecule has 27 heavy (non-hydrogen) atoms. The summed E-state index contributed by atoms with van der Waals surface area (Å²) in [7, 11) is 0. The third-order valence-electron chi connectivity index (χ3n) is 3.59. The Labute approximate surface area is 161 Å². The van der Waals surface area contributed by atoms with E-state index in [-0.39, 0.29) is 25.4 Å². The number of carbonyl (C=O) groups excluding carboxylic acids is 3. The van der Waals surface area contributed by atoms with E-state index in [0.29, 0.717) is 17.2 Å². The molecule has 0 bridgehead atoms. The lowest BCUT2D eigenvalue weighted by Gasteiger charge is -2.10. The lowest BCUT2D eigenvalue weighted by molar-refractivity contribution is -0.147. The number of rotatable bonds is 8. The average Bonchev–Trinajstić information content (AvgIpc) is 3.01. The predicted molar refractivity (Wildman–Crippen MR) is 103 cm³/mol. The number of nitrogens with one attached hydrogen (secondary N) is 2. The Morgan fingerprint density at radius 2 is 1.81 bits per heavy atom. The van der Waals surface area contributed by atoms with Gasteiger partial charge in [0.1, 0.15) is 5.01 Å². The average molecular weight is 390 g/mol. The molecular formula is C18H22N4O4S. The van der Waals surface area contributed by atoms with Crippen molar-refractivity contribution in [3.63, 3.8) is 0 Å². The number of aromatic nitrogens is 2. The van der Waals surface area contributed by atoms with Crippen molar-refractivity contribution < 1.29 is 19.1 Å². The van der Waals surface area contributed by atoms with Gasteiger partial charge in [0.25, 0.3) is 5.91 Å². The number of benzene rings is 1. The van der Waals surface area contributed by atoms with E-state index in [4.69, 9.17) is 4.74 Å². The molecule has 0 saturated heterocycles. The number of aryl methyl sites for hydroxylation is 3. The van der Waals surface area contributed by atoms with Crippen molar-refractivity contribution in [1.82, 2.24) is 10.2 Å². The summed E-state index contributed by atoms with van der Waals surface area (Å²) in [5.41, 5.74) is 2.64. The monoisotopic (exact) mass is 390 g/mol. The minimum Gasteiger partial charge on any atom is -0.456 e. The number of nitrogens with zero attached hydrogens (tertiary/aromatic N) is 2. The highest BCUT2D eigenvalue weighted by Gasteiger charge is 2.11. The van der Waals surface area contributed by atoms with Crippen LogP contribution in [0.1, 0.15) is 35.4 Å². The van der Waals surface area contributed by atoms with E-state index >= 15 is 0 Å². The summed E-state index contributed by atoms with van der Waals surface area (Å²) in [6, 6.07) is 5.71. The molecule has 1 aromatic carbocycles. The van der Waals surface area contributed by atoms with Crippen LogP contribution in [0.25, 0.3) is 0 Å². The normalized spacial score (nSPS) is 10.3. The number of carbonyl (C=O) groups is 3. The molecule has 8 nitrogen and oxygen atoms in total. The van der Waals surface area contributed by atoms with Crippen molar-refractivity contribution in [3.8, 4) is 0 Å². The number of anilines is 2. The fourth-order valence-corrected chi connectivity index (χ4v) is 2.81. The van der Waals surface area contributed by atoms with E-state index in [2.05, 4.69) is 20.8 Å². The van der Waals surface area contributed by atoms with Gasteiger partial charge in [-0.2, -0.15) is 0 Å². The van der Waals surface area contributed by atoms with E-state index in [1.54, 1.807) is 6.92 Å². The fourth-order valence-electron chi connectivity index (χ4n) is 2.20. The first-order valence-corrected chi connectivity index (χ1v) is 9.28. The van der Waals surface area contributed by atoms with Crippen molar-refractivity contribution in [2.75, 3.05) is 17.2 Å². The Balaban J connectivity index is 1.64. The molecule has 0 atom stereocenters. The SMILES string of the molecule is Cc1ccc(C)c(NC(=O)COC(=O)CCCC(=O)Nc2nnc(C)s2)c1. The predicted octanol–water partition coefficient (Wildman–Crippen LogP) is 2.75. The fraction of sp³-hybridized carbons (Fsp3) is 0.389. The standard InChI is InChI=1S/C18H22N4O4S/c1-11-7-8-12(2)14(9-11)19-16(24)10-26-17(25)6-4-5-15(23)20-18-22-21-13(3)27-18/h7-9H,4-6,10H2,1-3H3,(H,19,24)(H,20,22,23). The number of esters is 1. The molecule has 0 fully saturated rings. The maximum atomic E-state index is 11.9. The van der Waals surface area contributed by atoms with Crippen LogP contribution in [0.3, 0.4) is 0 Å². The van der Waals surface area contributed by atoms with Crippen LogP contribution >= 0.6 is 11.3 Å². The zero-order valence-electron chi connectivity index (χ0n) is 15.5. The molecule has 0 aliphatic heterocycles. The summed E-state index contributed by atoms with van der Waals surface area (Å²) in [6.07, 6.45) is 0.531. The van der Waals surface area contributed by atoms with Gasteiger partial charge in [0.15, 0.2) is 6.61 Å². The maximum Gasteiger partial charge on any atom is 0.306 e. The summed E-state index contributed by atoms with van der Waals surface area (Å²) in [5, 5.41) is 14.1. The summed E-state index contributed by atoms with van der Waals surface area (Å²) < 4.78 is 4.95. The first-order chi connectivity index (χ1) is 12.8. The number of hydrogen-bond acceptors (Lipinski definition) is 7. The van der Waals surface area contributed by atoms with Crippen LogP contribution in [0, 0.1) is 20.8 Å². The smallest absolute Gasteiger partial charge is 0.306 e. The molecule has 0 spiro atoms. The van der Waals surface area contributed by atoms with Crippen LogP contribution in [-0.4, -0.2) is 34.6 Å². The molecule has 0 saturated carbocycles. The molecule has 2 aromatic rings. The molecule has 0 unspecified atom stereocenters. The Bertz CT molecular complexity index is 835. The number of ether oxygens (including phenoxy) is 1. The van der Waals surface area contributed by atoms with E-state index in [9.17, 15) is 14.4 Å². The van der Waals surface area contributed by atoms with Gasteiger partial charge in [-0.1, -0.05) is 23.5 Å². The van der Waals surface area contributed by atoms with Gasteiger partial charge in [0.05, 0.1) is 0 Å². The topological polar surface area (TPSA) is 110 Å². The van der Waals surface area contributed by atoms with Gasteiger partial charge < -0.3 is 15.4 Å². The zero-order valence-corrected chi connectivity index (χ0v) is 16.3. The molecular weight excluding hydrogens is 368 g/mol. The van der Waals surface area contributed by atoms with Crippen molar-refractivity contribution in [2.45, 2.75) is 40.0 Å². The summed E-state index contributed by atoms with van der Waals surface area (Å²) in [6.45, 7) is 5.24. The minimum atomic E-state index is -0.523. The van der Waals surface area contributed by atoms with Crippen molar-refractivity contribution >= 4 is 39.9 Å². The van der Waals surface area contributed by atoms with Gasteiger partial charge in [-0.05, 0) is 44.4 Å². The van der Waals surface area contributed by atoms with Gasteiger partial charge in [0.2, 0.25) is 11.0 Å². The molecule has 2 amide bonds. The minimum absolute atomic E-state index is 0.0549. The van der Waals surface area contributed by atoms with Crippen LogP contribution < -0.4 is 10.6 Å². The molecule has 0 radical (unpaired) electrons. The largest absolute Gasteiger partial charge is 0.456 e. The highest BCUT2D eigenvalue weighted by atomic mass is 32.1. The highest BCUT2D eigenvalue weighted by Crippen LogP contribution is 2.16. The lowest BCUT2D eigenvalue weighted by Crippen LogP contribution is -2.21. The Morgan fingerprint density at radius 1 is 1.04 bits per heavy atom. The number of amides is 2. The molecule has 2 rings (SSSR count). The Morgan fingerprint density at radius 3 is 2.52 bits per heavy atom. The van der Waals surface area contributed by atoms with E-state index in [1.807, 2.05) is 32.0 Å². The van der Waals surface area contributed by atoms with E-state index in [1.165, 1.54) is 11.3 Å². The first-order valence-electron chi connectivity index (χ1n) is 8.46. The highest BCUT2D eigenvalue weighted by molar-refractivity contribution is 7.15. The molecule has 0 aliphatic carbocycles. The van der Waals surface area contributed by atoms with Crippen LogP contribution in [0.15, 0.2) is 18.2 Å². The van der Waals surface area contributed by atoms with Gasteiger partial charge in [0, 0.05) is 18.5 Å². The van der Waals surface area contributed by atoms with Crippen LogP contribution in [0.4, 0.5) is 10.8 Å².